The molecule has 6 N–H and O–H groups in total. The van der Waals surface area contributed by atoms with Crippen LogP contribution in [0.2, 0.25) is 0 Å². The Morgan fingerprint density at radius 3 is 2.14 bits per heavy atom. The average Bonchev–Trinajstić information content (AvgIpc) is 2.99. The number of amides is 2. The largest absolute Gasteiger partial charge is 0.370 e. The lowest BCUT2D eigenvalue weighted by atomic mass is 9.97. The first-order valence-corrected chi connectivity index (χ1v) is 14.7. The number of benzene rings is 4. The first-order valence-electron chi connectivity index (χ1n) is 14.7. The lowest BCUT2D eigenvalue weighted by Gasteiger charge is -2.45. The van der Waals surface area contributed by atoms with Crippen LogP contribution in [0.5, 0.6) is 0 Å². The van der Waals surface area contributed by atoms with Crippen molar-refractivity contribution in [2.75, 3.05) is 19.6 Å². The molecule has 0 unspecified atom stereocenters. The van der Waals surface area contributed by atoms with E-state index in [9.17, 15) is 9.59 Å². The van der Waals surface area contributed by atoms with Gasteiger partial charge in [0.15, 0.2) is 5.96 Å². The van der Waals surface area contributed by atoms with Crippen LogP contribution in [0.3, 0.4) is 0 Å². The first-order chi connectivity index (χ1) is 20.3. The van der Waals surface area contributed by atoms with E-state index in [4.69, 9.17) is 17.2 Å². The van der Waals surface area contributed by atoms with Crippen molar-refractivity contribution in [3.63, 3.8) is 0 Å². The number of fused-ring (bicyclic) bond motifs is 2. The van der Waals surface area contributed by atoms with Crippen LogP contribution in [0.25, 0.3) is 21.5 Å². The van der Waals surface area contributed by atoms with E-state index in [1.165, 1.54) is 16.3 Å². The van der Waals surface area contributed by atoms with Crippen molar-refractivity contribution in [2.45, 2.75) is 50.7 Å². The normalized spacial score (nSPS) is 17.9. The summed E-state index contributed by atoms with van der Waals surface area (Å²) >= 11 is 0. The topological polar surface area (TPSA) is 131 Å². The SMILES string of the molecule is C[C@@H]1CN(C(=O)[C@H](N)Cc2ccc3ccccc3c2)[C@@H](CCCN=C(N)N)C(=O)N1CCc1ccc2ccccc2c1. The van der Waals surface area contributed by atoms with Crippen LogP contribution in [-0.4, -0.2) is 65.3 Å². The van der Waals surface area contributed by atoms with Crippen molar-refractivity contribution in [1.29, 1.82) is 0 Å². The van der Waals surface area contributed by atoms with Gasteiger partial charge in [0.2, 0.25) is 11.8 Å². The molecule has 1 aliphatic rings. The third-order valence-corrected chi connectivity index (χ3v) is 8.19. The molecule has 4 aromatic carbocycles. The van der Waals surface area contributed by atoms with Gasteiger partial charge in [-0.15, -0.1) is 0 Å². The Hall–Kier alpha value is -4.43. The third kappa shape index (κ3) is 6.71. The molecular weight excluding hydrogens is 524 g/mol. The zero-order valence-electron chi connectivity index (χ0n) is 24.2. The molecule has 42 heavy (non-hydrogen) atoms. The summed E-state index contributed by atoms with van der Waals surface area (Å²) in [7, 11) is 0. The fourth-order valence-electron chi connectivity index (χ4n) is 5.96. The Balaban J connectivity index is 1.30. The molecule has 3 atom stereocenters. The molecule has 0 aromatic heterocycles. The second-order valence-electron chi connectivity index (χ2n) is 11.3. The fourth-order valence-corrected chi connectivity index (χ4v) is 5.96. The Bertz CT molecular complexity index is 1600. The number of nitrogens with zero attached hydrogens (tertiary/aromatic N) is 3. The summed E-state index contributed by atoms with van der Waals surface area (Å²) in [6.07, 6.45) is 2.17. The number of guanidine groups is 1. The first kappa shape index (κ1) is 29.1. The molecular formula is C34H40N6O2. The molecule has 0 saturated carbocycles. The minimum absolute atomic E-state index is 0.0148. The van der Waals surface area contributed by atoms with E-state index >= 15 is 0 Å². The van der Waals surface area contributed by atoms with Gasteiger partial charge in [-0.25, -0.2) is 0 Å². The van der Waals surface area contributed by atoms with Crippen LogP contribution in [0.15, 0.2) is 89.9 Å². The van der Waals surface area contributed by atoms with Crippen LogP contribution in [0.4, 0.5) is 0 Å². The molecule has 2 amide bonds. The van der Waals surface area contributed by atoms with E-state index in [-0.39, 0.29) is 23.8 Å². The molecule has 1 heterocycles. The molecule has 218 valence electrons. The summed E-state index contributed by atoms with van der Waals surface area (Å²) in [6.45, 7) is 3.40. The van der Waals surface area contributed by atoms with Gasteiger partial charge in [-0.1, -0.05) is 84.9 Å². The molecule has 1 aliphatic heterocycles. The van der Waals surface area contributed by atoms with Crippen molar-refractivity contribution < 1.29 is 9.59 Å². The van der Waals surface area contributed by atoms with Gasteiger partial charge in [0, 0.05) is 25.7 Å². The minimum Gasteiger partial charge on any atom is -0.370 e. The van der Waals surface area contributed by atoms with E-state index < -0.39 is 12.1 Å². The van der Waals surface area contributed by atoms with Crippen LogP contribution >= 0.6 is 0 Å². The maximum absolute atomic E-state index is 13.9. The van der Waals surface area contributed by atoms with Gasteiger partial charge in [0.05, 0.1) is 6.04 Å². The summed E-state index contributed by atoms with van der Waals surface area (Å²) in [5, 5.41) is 4.62. The van der Waals surface area contributed by atoms with Crippen molar-refractivity contribution in [1.82, 2.24) is 9.80 Å². The van der Waals surface area contributed by atoms with Gasteiger partial charge >= 0.3 is 0 Å². The standard InChI is InChI=1S/C34H40N6O2/c1-23-22-40(32(41)30(35)21-25-13-15-27-8-3-5-10-29(27)20-25)31(11-6-17-38-34(36)37)33(42)39(23)18-16-24-12-14-26-7-2-4-9-28(26)19-24/h2-5,7-10,12-15,19-20,23,30-31H,6,11,16-18,21-22,35H2,1H3,(H4,36,37,38)/t23-,30-,31+/m1/s1. The summed E-state index contributed by atoms with van der Waals surface area (Å²) in [5.41, 5.74) is 19.7. The Morgan fingerprint density at radius 2 is 1.50 bits per heavy atom. The molecule has 5 rings (SSSR count). The van der Waals surface area contributed by atoms with Gasteiger partial charge in [0.1, 0.15) is 6.04 Å². The highest BCUT2D eigenvalue weighted by Crippen LogP contribution is 2.24. The van der Waals surface area contributed by atoms with Crippen LogP contribution < -0.4 is 17.2 Å². The van der Waals surface area contributed by atoms with Gasteiger partial charge < -0.3 is 27.0 Å². The molecule has 8 nitrogen and oxygen atoms in total. The van der Waals surface area contributed by atoms with Crippen LogP contribution in [0, 0.1) is 0 Å². The summed E-state index contributed by atoms with van der Waals surface area (Å²) < 4.78 is 0. The number of aliphatic imine (C=N–C) groups is 1. The molecule has 4 aromatic rings. The molecule has 0 aliphatic carbocycles. The van der Waals surface area contributed by atoms with E-state index in [0.29, 0.717) is 38.9 Å². The van der Waals surface area contributed by atoms with Crippen LogP contribution in [0.1, 0.15) is 30.9 Å². The maximum Gasteiger partial charge on any atom is 0.245 e. The Labute approximate surface area is 247 Å². The number of nitrogens with two attached hydrogens (primary N) is 3. The number of carbonyl (C=O) groups excluding carboxylic acids is 2. The van der Waals surface area contributed by atoms with E-state index in [2.05, 4.69) is 53.5 Å². The van der Waals surface area contributed by atoms with Crippen LogP contribution in [-0.2, 0) is 22.4 Å². The van der Waals surface area contributed by atoms with Crippen molar-refractivity contribution >= 4 is 39.3 Å². The number of carbonyl (C=O) groups is 2. The summed E-state index contributed by atoms with van der Waals surface area (Å²) in [6, 6.07) is 27.4. The highest BCUT2D eigenvalue weighted by Gasteiger charge is 2.41. The predicted molar refractivity (Wildman–Crippen MR) is 170 cm³/mol. The average molecular weight is 565 g/mol. The predicted octanol–water partition coefficient (Wildman–Crippen LogP) is 3.59. The number of hydrogen-bond donors (Lipinski definition) is 3. The number of piperazine rings is 1. The molecule has 1 fully saturated rings. The number of rotatable bonds is 10. The highest BCUT2D eigenvalue weighted by molar-refractivity contribution is 5.91. The van der Waals surface area contributed by atoms with E-state index in [1.807, 2.05) is 48.2 Å². The summed E-state index contributed by atoms with van der Waals surface area (Å²) in [4.78, 5) is 35.4. The van der Waals surface area contributed by atoms with Crippen molar-refractivity contribution in [3.8, 4) is 0 Å². The monoisotopic (exact) mass is 564 g/mol. The van der Waals surface area contributed by atoms with Gasteiger partial charge in [0.25, 0.3) is 0 Å². The quantitative estimate of drug-likeness (QED) is 0.154. The zero-order valence-corrected chi connectivity index (χ0v) is 24.2. The second kappa shape index (κ2) is 13.0. The van der Waals surface area contributed by atoms with Gasteiger partial charge in [-0.05, 0) is 65.3 Å². The van der Waals surface area contributed by atoms with Gasteiger partial charge in [-0.2, -0.15) is 0 Å². The van der Waals surface area contributed by atoms with E-state index in [1.54, 1.807) is 4.90 Å². The lowest BCUT2D eigenvalue weighted by molar-refractivity contribution is -0.155. The van der Waals surface area contributed by atoms with Gasteiger partial charge in [-0.3, -0.25) is 14.6 Å². The van der Waals surface area contributed by atoms with Crippen molar-refractivity contribution in [3.05, 3.63) is 96.1 Å². The highest BCUT2D eigenvalue weighted by atomic mass is 16.2. The fraction of sp³-hybridized carbons (Fsp3) is 0.324. The summed E-state index contributed by atoms with van der Waals surface area (Å²) in [5.74, 6) is -0.240. The second-order valence-corrected chi connectivity index (χ2v) is 11.3. The molecule has 0 bridgehead atoms. The zero-order chi connectivity index (χ0) is 29.6. The Morgan fingerprint density at radius 1 is 0.905 bits per heavy atom. The number of hydrogen-bond acceptors (Lipinski definition) is 4. The van der Waals surface area contributed by atoms with Crippen molar-refractivity contribution in [2.24, 2.45) is 22.2 Å². The molecule has 0 radical (unpaired) electrons. The maximum atomic E-state index is 13.9. The van der Waals surface area contributed by atoms with E-state index in [0.717, 1.165) is 22.8 Å². The Kier molecular flexibility index (Phi) is 9.03. The lowest BCUT2D eigenvalue weighted by Crippen LogP contribution is -2.64. The minimum atomic E-state index is -0.754. The molecule has 1 saturated heterocycles. The smallest absolute Gasteiger partial charge is 0.245 e. The third-order valence-electron chi connectivity index (χ3n) is 8.19. The molecule has 8 heteroatoms. The molecule has 0 spiro atoms.